The number of fused-ring (bicyclic) bond motifs is 6. The summed E-state index contributed by atoms with van der Waals surface area (Å²) < 4.78 is 40.4. The Kier molecular flexibility index (Phi) is 8.93. The monoisotopic (exact) mass is 699 g/mol. The number of carboxylic acid groups (broad SMARTS) is 1. The summed E-state index contributed by atoms with van der Waals surface area (Å²) in [7, 11) is 2.85. The minimum absolute atomic E-state index is 0.0661. The van der Waals surface area contributed by atoms with Gasteiger partial charge < -0.3 is 53.6 Å². The number of carbonyl (C=O) groups excluding carboxylic acids is 3. The van der Waals surface area contributed by atoms with Crippen LogP contribution in [0.15, 0.2) is 18.2 Å². The standard InChI is InChI=1S/C34H37NO15/c1-14-31-17(35-7-8-47-33(45-3)32(35)50-31)9-22(48-14)49-19-11-34(43,20(36)12-46-13-21(37)38)10-16-24(19)30(42)26-25(28(16)40)27(39)15-5-4-6-18(44-2)23(15)29(26)41/h4-6,14,17,19,22,31-33,40,42-43H,7-13H2,1-3H3,(H,37,38)/t14-,17?,19-,22-,31?,32+,33-,34-/m0/s1. The number of methoxy groups -OCH3 is 2. The first-order chi connectivity index (χ1) is 23.9. The van der Waals surface area contributed by atoms with Crippen molar-refractivity contribution in [3.8, 4) is 17.2 Å². The molecule has 2 unspecified atom stereocenters. The first-order valence-corrected chi connectivity index (χ1v) is 16.2. The topological polar surface area (TPSA) is 217 Å². The number of morpholine rings is 1. The maximum atomic E-state index is 14.0. The van der Waals surface area contributed by atoms with Crippen LogP contribution in [0, 0.1) is 0 Å². The van der Waals surface area contributed by atoms with Crippen molar-refractivity contribution in [1.82, 2.24) is 4.90 Å². The van der Waals surface area contributed by atoms with Gasteiger partial charge in [0.15, 0.2) is 30.4 Å². The van der Waals surface area contributed by atoms with E-state index in [-0.39, 0.29) is 46.6 Å². The van der Waals surface area contributed by atoms with E-state index in [9.17, 15) is 34.5 Å². The van der Waals surface area contributed by atoms with Gasteiger partial charge in [0.1, 0.15) is 42.2 Å². The Labute approximate surface area is 285 Å². The zero-order chi connectivity index (χ0) is 35.6. The fourth-order valence-corrected chi connectivity index (χ4v) is 7.91. The summed E-state index contributed by atoms with van der Waals surface area (Å²) in [6.07, 6.45) is -5.20. The number of phenols is 2. The number of hydrogen-bond donors (Lipinski definition) is 4. The molecule has 4 N–H and O–H groups in total. The molecular formula is C34H37NO15. The second-order valence-corrected chi connectivity index (χ2v) is 13.0. The predicted molar refractivity (Wildman–Crippen MR) is 165 cm³/mol. The number of carboxylic acids is 1. The lowest BCUT2D eigenvalue weighted by atomic mass is 9.72. The number of Topliss-reactive ketones (excluding diaryl/α,β-unsaturated/α-hetero) is 1. The highest BCUT2D eigenvalue weighted by Gasteiger charge is 2.55. The smallest absolute Gasteiger partial charge is 0.329 e. The molecule has 268 valence electrons. The summed E-state index contributed by atoms with van der Waals surface area (Å²) in [6, 6.07) is 4.17. The molecule has 8 atom stereocenters. The van der Waals surface area contributed by atoms with Crippen LogP contribution in [0.4, 0.5) is 0 Å². The quantitative estimate of drug-likeness (QED) is 0.227. The van der Waals surface area contributed by atoms with Gasteiger partial charge in [-0.05, 0) is 13.0 Å². The lowest BCUT2D eigenvalue weighted by molar-refractivity contribution is -0.256. The van der Waals surface area contributed by atoms with Crippen LogP contribution < -0.4 is 4.74 Å². The fraction of sp³-hybridized carbons (Fsp3) is 0.529. The molecular weight excluding hydrogens is 662 g/mol. The SMILES string of the molecule is COc1cccc2c1C(=O)c1c(O)c3c(c(O)c1C2=O)C[C@@](O)(C(=O)COCC(=O)O)C[C@@H]3O[C@H]1CC2C(O[C@@H]3[C@@H](OC)OCCN23)[C@H](C)O1. The Morgan fingerprint density at radius 1 is 1.04 bits per heavy atom. The van der Waals surface area contributed by atoms with Crippen LogP contribution in [0.1, 0.15) is 68.8 Å². The highest BCUT2D eigenvalue weighted by Crippen LogP contribution is 2.53. The average Bonchev–Trinajstić information content (AvgIpc) is 3.47. The van der Waals surface area contributed by atoms with Gasteiger partial charge in [-0.15, -0.1) is 0 Å². The molecule has 5 aliphatic rings. The maximum absolute atomic E-state index is 14.0. The fourth-order valence-electron chi connectivity index (χ4n) is 7.91. The number of hydrogen-bond acceptors (Lipinski definition) is 15. The van der Waals surface area contributed by atoms with Gasteiger partial charge in [-0.1, -0.05) is 12.1 Å². The maximum Gasteiger partial charge on any atom is 0.329 e. The van der Waals surface area contributed by atoms with E-state index in [2.05, 4.69) is 4.90 Å². The van der Waals surface area contributed by atoms with E-state index in [1.54, 1.807) is 6.92 Å². The average molecular weight is 700 g/mol. The lowest BCUT2D eigenvalue weighted by Crippen LogP contribution is -2.55. The highest BCUT2D eigenvalue weighted by molar-refractivity contribution is 6.31. The van der Waals surface area contributed by atoms with Crippen molar-refractivity contribution >= 4 is 23.3 Å². The molecule has 0 spiro atoms. The molecule has 2 aromatic rings. The molecule has 3 aliphatic heterocycles. The van der Waals surface area contributed by atoms with Crippen molar-refractivity contribution in [3.05, 3.63) is 51.6 Å². The zero-order valence-electron chi connectivity index (χ0n) is 27.5. The number of ether oxygens (including phenoxy) is 7. The molecule has 16 nitrogen and oxygen atoms in total. The second-order valence-electron chi connectivity index (χ2n) is 13.0. The normalized spacial score (nSPS) is 31.6. The van der Waals surface area contributed by atoms with Crippen molar-refractivity contribution in [1.29, 1.82) is 0 Å². The number of rotatable bonds is 9. The van der Waals surface area contributed by atoms with Crippen molar-refractivity contribution < 1.29 is 72.8 Å². The van der Waals surface area contributed by atoms with Gasteiger partial charge in [0.25, 0.3) is 0 Å². The first kappa shape index (κ1) is 34.4. The number of ketones is 3. The van der Waals surface area contributed by atoms with E-state index in [4.69, 9.17) is 38.3 Å². The Morgan fingerprint density at radius 3 is 2.52 bits per heavy atom. The number of aliphatic hydroxyl groups is 1. The van der Waals surface area contributed by atoms with Crippen LogP contribution >= 0.6 is 0 Å². The van der Waals surface area contributed by atoms with Crippen LogP contribution in [0.25, 0.3) is 0 Å². The third kappa shape index (κ3) is 5.47. The molecule has 7 rings (SSSR count). The van der Waals surface area contributed by atoms with E-state index in [1.807, 2.05) is 0 Å². The molecule has 3 saturated heterocycles. The summed E-state index contributed by atoms with van der Waals surface area (Å²) in [6.45, 7) is 1.16. The minimum atomic E-state index is -2.31. The van der Waals surface area contributed by atoms with Crippen molar-refractivity contribution in [2.24, 2.45) is 0 Å². The highest BCUT2D eigenvalue weighted by atomic mass is 16.7. The van der Waals surface area contributed by atoms with Gasteiger partial charge in [0.2, 0.25) is 5.78 Å². The minimum Gasteiger partial charge on any atom is -0.507 e. The Balaban J connectivity index is 1.28. The summed E-state index contributed by atoms with van der Waals surface area (Å²) in [5.74, 6) is -5.09. The summed E-state index contributed by atoms with van der Waals surface area (Å²) in [5, 5.41) is 44.3. The van der Waals surface area contributed by atoms with Crippen LogP contribution in [-0.2, 0) is 44.4 Å². The molecule has 0 aromatic heterocycles. The summed E-state index contributed by atoms with van der Waals surface area (Å²) in [5.41, 5.74) is -3.73. The molecule has 0 radical (unpaired) electrons. The van der Waals surface area contributed by atoms with Gasteiger partial charge in [-0.3, -0.25) is 19.3 Å². The van der Waals surface area contributed by atoms with Gasteiger partial charge in [0.05, 0.1) is 42.6 Å². The molecule has 0 saturated carbocycles. The number of aliphatic carboxylic acids is 1. The Bertz CT molecular complexity index is 1760. The van der Waals surface area contributed by atoms with Crippen LogP contribution in [0.3, 0.4) is 0 Å². The Morgan fingerprint density at radius 2 is 1.80 bits per heavy atom. The number of benzene rings is 2. The molecule has 3 fully saturated rings. The summed E-state index contributed by atoms with van der Waals surface area (Å²) in [4.78, 5) is 54.3. The van der Waals surface area contributed by atoms with Gasteiger partial charge in [-0.2, -0.15) is 0 Å². The Hall–Kier alpha value is -4.00. The lowest BCUT2D eigenvalue weighted by Gasteiger charge is -2.43. The molecule has 3 heterocycles. The van der Waals surface area contributed by atoms with Crippen LogP contribution in [0.5, 0.6) is 17.2 Å². The van der Waals surface area contributed by atoms with Gasteiger partial charge in [0, 0.05) is 55.6 Å². The molecule has 2 aromatic carbocycles. The molecule has 2 aliphatic carbocycles. The second kappa shape index (κ2) is 13.0. The number of aromatic hydroxyl groups is 2. The number of nitrogens with zero attached hydrogens (tertiary/aromatic N) is 1. The number of carbonyl (C=O) groups is 4. The summed E-state index contributed by atoms with van der Waals surface area (Å²) >= 11 is 0. The third-order valence-electron chi connectivity index (χ3n) is 10.2. The molecule has 50 heavy (non-hydrogen) atoms. The van der Waals surface area contributed by atoms with Gasteiger partial charge >= 0.3 is 5.97 Å². The van der Waals surface area contributed by atoms with E-state index < -0.39 is 109 Å². The zero-order valence-corrected chi connectivity index (χ0v) is 27.5. The third-order valence-corrected chi connectivity index (χ3v) is 10.2. The van der Waals surface area contributed by atoms with E-state index in [0.717, 1.165) is 0 Å². The molecule has 0 bridgehead atoms. The van der Waals surface area contributed by atoms with Crippen LogP contribution in [0.2, 0.25) is 0 Å². The predicted octanol–water partition coefficient (Wildman–Crippen LogP) is 0.820. The van der Waals surface area contributed by atoms with E-state index >= 15 is 0 Å². The molecule has 16 heteroatoms. The van der Waals surface area contributed by atoms with E-state index in [0.29, 0.717) is 13.2 Å². The first-order valence-electron chi connectivity index (χ1n) is 16.2. The number of phenolic OH excluding ortho intramolecular Hbond substituents is 2. The van der Waals surface area contributed by atoms with Crippen molar-refractivity contribution in [3.63, 3.8) is 0 Å². The van der Waals surface area contributed by atoms with Crippen molar-refractivity contribution in [2.75, 3.05) is 40.6 Å². The van der Waals surface area contributed by atoms with Crippen molar-refractivity contribution in [2.45, 2.75) is 74.9 Å². The van der Waals surface area contributed by atoms with E-state index in [1.165, 1.54) is 32.4 Å². The van der Waals surface area contributed by atoms with Crippen LogP contribution in [-0.4, -0.2) is 132 Å². The largest absolute Gasteiger partial charge is 0.507 e. The molecule has 0 amide bonds. The van der Waals surface area contributed by atoms with Gasteiger partial charge in [-0.25, -0.2) is 4.79 Å².